The van der Waals surface area contributed by atoms with Crippen LogP contribution in [0, 0.1) is 5.82 Å². The highest BCUT2D eigenvalue weighted by Gasteiger charge is 2.18. The maximum absolute atomic E-state index is 13.7. The van der Waals surface area contributed by atoms with Gasteiger partial charge in [-0.05, 0) is 11.0 Å². The standard InChI is InChI=1S/C12H15F/c1-5-9-7-6-8-10(11(9)13)12(2,3)4/h5-8H,1H2,2-4H3. The largest absolute Gasteiger partial charge is 0.206 e. The molecule has 1 rings (SSSR count). The first-order valence-corrected chi connectivity index (χ1v) is 4.38. The second kappa shape index (κ2) is 3.33. The topological polar surface area (TPSA) is 0 Å². The second-order valence-electron chi connectivity index (χ2n) is 4.16. The molecular formula is C12H15F. The Hall–Kier alpha value is -1.11. The lowest BCUT2D eigenvalue weighted by Gasteiger charge is -2.20. The zero-order chi connectivity index (χ0) is 10.1. The minimum atomic E-state index is -0.150. The van der Waals surface area contributed by atoms with Crippen molar-refractivity contribution in [1.29, 1.82) is 0 Å². The van der Waals surface area contributed by atoms with Gasteiger partial charge in [0.15, 0.2) is 0 Å². The quantitative estimate of drug-likeness (QED) is 0.614. The third kappa shape index (κ3) is 1.97. The number of hydrogen-bond donors (Lipinski definition) is 0. The summed E-state index contributed by atoms with van der Waals surface area (Å²) >= 11 is 0. The van der Waals surface area contributed by atoms with E-state index in [0.717, 1.165) is 5.56 Å². The SMILES string of the molecule is C=Cc1cccc(C(C)(C)C)c1F. The van der Waals surface area contributed by atoms with Gasteiger partial charge in [0.05, 0.1) is 0 Å². The fourth-order valence-electron chi connectivity index (χ4n) is 1.29. The van der Waals surface area contributed by atoms with E-state index < -0.39 is 0 Å². The summed E-state index contributed by atoms with van der Waals surface area (Å²) in [6, 6.07) is 5.42. The Kier molecular flexibility index (Phi) is 2.55. The molecule has 0 atom stereocenters. The van der Waals surface area contributed by atoms with Crippen molar-refractivity contribution in [3.63, 3.8) is 0 Å². The molecule has 0 aliphatic rings. The minimum absolute atomic E-state index is 0.148. The molecule has 0 saturated carbocycles. The van der Waals surface area contributed by atoms with Gasteiger partial charge in [-0.2, -0.15) is 0 Å². The Bertz CT molecular complexity index is 318. The molecule has 0 heterocycles. The van der Waals surface area contributed by atoms with Gasteiger partial charge >= 0.3 is 0 Å². The lowest BCUT2D eigenvalue weighted by molar-refractivity contribution is 0.521. The zero-order valence-electron chi connectivity index (χ0n) is 8.39. The highest BCUT2D eigenvalue weighted by atomic mass is 19.1. The molecule has 0 aliphatic carbocycles. The molecule has 0 radical (unpaired) electrons. The molecule has 1 aromatic carbocycles. The fourth-order valence-corrected chi connectivity index (χ4v) is 1.29. The van der Waals surface area contributed by atoms with Crippen LogP contribution < -0.4 is 0 Å². The first kappa shape index (κ1) is 9.97. The first-order chi connectivity index (χ1) is 5.96. The highest BCUT2D eigenvalue weighted by molar-refractivity contribution is 5.50. The summed E-state index contributed by atoms with van der Waals surface area (Å²) < 4.78 is 13.7. The van der Waals surface area contributed by atoms with Crippen LogP contribution in [0.15, 0.2) is 24.8 Å². The third-order valence-corrected chi connectivity index (χ3v) is 2.06. The van der Waals surface area contributed by atoms with E-state index in [-0.39, 0.29) is 11.2 Å². The van der Waals surface area contributed by atoms with Crippen LogP contribution in [0.1, 0.15) is 31.9 Å². The third-order valence-electron chi connectivity index (χ3n) is 2.06. The van der Waals surface area contributed by atoms with Gasteiger partial charge < -0.3 is 0 Å². The van der Waals surface area contributed by atoms with Crippen LogP contribution in [0.5, 0.6) is 0 Å². The van der Waals surface area contributed by atoms with Gasteiger partial charge in [-0.15, -0.1) is 0 Å². The van der Waals surface area contributed by atoms with Gasteiger partial charge in [0.25, 0.3) is 0 Å². The summed E-state index contributed by atoms with van der Waals surface area (Å²) in [5, 5.41) is 0. The number of hydrogen-bond acceptors (Lipinski definition) is 0. The van der Waals surface area contributed by atoms with Gasteiger partial charge in [0.1, 0.15) is 5.82 Å². The van der Waals surface area contributed by atoms with Gasteiger partial charge in [0.2, 0.25) is 0 Å². The summed E-state index contributed by atoms with van der Waals surface area (Å²) in [6.07, 6.45) is 1.55. The average molecular weight is 178 g/mol. The molecule has 1 heteroatoms. The van der Waals surface area contributed by atoms with Crippen LogP contribution in [0.2, 0.25) is 0 Å². The van der Waals surface area contributed by atoms with E-state index in [1.807, 2.05) is 32.9 Å². The summed E-state index contributed by atoms with van der Waals surface area (Å²) in [6.45, 7) is 9.57. The van der Waals surface area contributed by atoms with E-state index >= 15 is 0 Å². The summed E-state index contributed by atoms with van der Waals surface area (Å²) in [5.74, 6) is -0.148. The van der Waals surface area contributed by atoms with Crippen LogP contribution in [0.4, 0.5) is 4.39 Å². The molecule has 1 aromatic rings. The van der Waals surface area contributed by atoms with Crippen LogP contribution in [-0.2, 0) is 5.41 Å². The van der Waals surface area contributed by atoms with Crippen LogP contribution >= 0.6 is 0 Å². The second-order valence-corrected chi connectivity index (χ2v) is 4.16. The fraction of sp³-hybridized carbons (Fsp3) is 0.333. The molecule has 0 nitrogen and oxygen atoms in total. The Labute approximate surface area is 79.1 Å². The minimum Gasteiger partial charge on any atom is -0.206 e. The van der Waals surface area contributed by atoms with Crippen LogP contribution in [-0.4, -0.2) is 0 Å². The lowest BCUT2D eigenvalue weighted by atomic mass is 9.85. The van der Waals surface area contributed by atoms with E-state index in [0.29, 0.717) is 5.56 Å². The predicted molar refractivity (Wildman–Crippen MR) is 55.2 cm³/mol. The van der Waals surface area contributed by atoms with E-state index in [2.05, 4.69) is 6.58 Å². The molecule has 0 amide bonds. The highest BCUT2D eigenvalue weighted by Crippen LogP contribution is 2.26. The normalized spacial score (nSPS) is 11.4. The number of rotatable bonds is 1. The van der Waals surface area contributed by atoms with Gasteiger partial charge in [0, 0.05) is 5.56 Å². The summed E-state index contributed by atoms with van der Waals surface area (Å²) in [7, 11) is 0. The molecule has 0 unspecified atom stereocenters. The lowest BCUT2D eigenvalue weighted by Crippen LogP contribution is -2.14. The molecule has 70 valence electrons. The smallest absolute Gasteiger partial charge is 0.134 e. The maximum atomic E-state index is 13.7. The van der Waals surface area contributed by atoms with Crippen molar-refractivity contribution in [2.45, 2.75) is 26.2 Å². The van der Waals surface area contributed by atoms with Gasteiger partial charge in [-0.25, -0.2) is 4.39 Å². The Morgan fingerprint density at radius 3 is 2.38 bits per heavy atom. The molecule has 0 aliphatic heterocycles. The number of benzene rings is 1. The van der Waals surface area contributed by atoms with Crippen molar-refractivity contribution in [1.82, 2.24) is 0 Å². The molecule has 0 spiro atoms. The predicted octanol–water partition coefficient (Wildman–Crippen LogP) is 3.77. The molecule has 0 fully saturated rings. The van der Waals surface area contributed by atoms with E-state index in [4.69, 9.17) is 0 Å². The van der Waals surface area contributed by atoms with Crippen LogP contribution in [0.3, 0.4) is 0 Å². The molecular weight excluding hydrogens is 163 g/mol. The van der Waals surface area contributed by atoms with Crippen molar-refractivity contribution < 1.29 is 4.39 Å². The number of halogens is 1. The van der Waals surface area contributed by atoms with E-state index in [1.165, 1.54) is 0 Å². The monoisotopic (exact) mass is 178 g/mol. The molecule has 13 heavy (non-hydrogen) atoms. The van der Waals surface area contributed by atoms with E-state index in [9.17, 15) is 4.39 Å². The van der Waals surface area contributed by atoms with Crippen molar-refractivity contribution in [2.75, 3.05) is 0 Å². The van der Waals surface area contributed by atoms with Crippen molar-refractivity contribution in [3.8, 4) is 0 Å². The summed E-state index contributed by atoms with van der Waals surface area (Å²) in [4.78, 5) is 0. The molecule has 0 bridgehead atoms. The van der Waals surface area contributed by atoms with Crippen molar-refractivity contribution in [2.24, 2.45) is 0 Å². The Morgan fingerprint density at radius 1 is 1.31 bits per heavy atom. The van der Waals surface area contributed by atoms with E-state index in [1.54, 1.807) is 12.1 Å². The van der Waals surface area contributed by atoms with Gasteiger partial charge in [-0.1, -0.05) is 51.6 Å². The summed E-state index contributed by atoms with van der Waals surface area (Å²) in [5.41, 5.74) is 1.17. The van der Waals surface area contributed by atoms with Crippen molar-refractivity contribution >= 4 is 6.08 Å². The first-order valence-electron chi connectivity index (χ1n) is 4.38. The molecule has 0 saturated heterocycles. The van der Waals surface area contributed by atoms with Crippen molar-refractivity contribution in [3.05, 3.63) is 41.7 Å². The Morgan fingerprint density at radius 2 is 1.92 bits per heavy atom. The van der Waals surface area contributed by atoms with Crippen LogP contribution in [0.25, 0.3) is 6.08 Å². The molecule has 0 aromatic heterocycles. The maximum Gasteiger partial charge on any atom is 0.134 e. The molecule has 0 N–H and O–H groups in total. The Balaban J connectivity index is 3.32. The zero-order valence-corrected chi connectivity index (χ0v) is 8.39. The van der Waals surface area contributed by atoms with Gasteiger partial charge in [-0.3, -0.25) is 0 Å². The average Bonchev–Trinajstić information content (AvgIpc) is 2.02.